The zero-order chi connectivity index (χ0) is 22.9. The van der Waals surface area contributed by atoms with Gasteiger partial charge in [0.25, 0.3) is 11.6 Å². The molecule has 1 N–H and O–H groups in total. The van der Waals surface area contributed by atoms with Crippen LogP contribution in [-0.2, 0) is 17.4 Å². The Morgan fingerprint density at radius 2 is 1.77 bits per heavy atom. The van der Waals surface area contributed by atoms with Gasteiger partial charge in [0.15, 0.2) is 0 Å². The van der Waals surface area contributed by atoms with Crippen LogP contribution in [0.4, 0.5) is 17.6 Å². The molecule has 0 spiro atoms. The Morgan fingerprint density at radius 1 is 1.13 bits per heavy atom. The van der Waals surface area contributed by atoms with Crippen molar-refractivity contribution in [1.82, 2.24) is 24.9 Å². The number of carbonyl (C=O) groups excluding carboxylic acids is 1. The van der Waals surface area contributed by atoms with Crippen molar-refractivity contribution in [2.75, 3.05) is 0 Å². The lowest BCUT2D eigenvalue weighted by molar-refractivity contribution is -0.144. The first-order valence-electron chi connectivity index (χ1n) is 9.82. The van der Waals surface area contributed by atoms with E-state index >= 15 is 0 Å². The Morgan fingerprint density at radius 3 is 2.35 bits per heavy atom. The molecule has 166 valence electrons. The average Bonchev–Trinajstić information content (AvgIpc) is 3.11. The number of nitrogens with zero attached hydrogens (tertiary/aromatic N) is 4. The van der Waals surface area contributed by atoms with Gasteiger partial charge in [0.2, 0.25) is 5.91 Å². The summed E-state index contributed by atoms with van der Waals surface area (Å²) in [5.74, 6) is -1.89. The highest BCUT2D eigenvalue weighted by atomic mass is 19.4. The van der Waals surface area contributed by atoms with E-state index in [0.29, 0.717) is 17.0 Å². The fourth-order valence-electron chi connectivity index (χ4n) is 3.48. The van der Waals surface area contributed by atoms with Crippen LogP contribution >= 0.6 is 0 Å². The zero-order valence-electron chi connectivity index (χ0n) is 17.6. The van der Waals surface area contributed by atoms with Gasteiger partial charge < -0.3 is 5.32 Å². The monoisotopic (exact) mass is 437 g/mol. The van der Waals surface area contributed by atoms with Crippen LogP contribution < -0.4 is 5.32 Å². The lowest BCUT2D eigenvalue weighted by Gasteiger charge is -2.23. The molecular weight excluding hydrogens is 414 g/mol. The summed E-state index contributed by atoms with van der Waals surface area (Å²) in [6.07, 6.45) is -4.28. The molecule has 31 heavy (non-hydrogen) atoms. The molecule has 1 atom stereocenters. The van der Waals surface area contributed by atoms with Gasteiger partial charge in [0, 0.05) is 17.8 Å². The molecule has 1 unspecified atom stereocenters. The predicted molar refractivity (Wildman–Crippen MR) is 106 cm³/mol. The first-order valence-corrected chi connectivity index (χ1v) is 9.82. The Labute approximate surface area is 176 Å². The number of halogens is 4. The lowest BCUT2D eigenvalue weighted by Crippen LogP contribution is -2.32. The quantitative estimate of drug-likeness (QED) is 0.582. The minimum Gasteiger partial charge on any atom is -0.349 e. The Bertz CT molecular complexity index is 1090. The molecule has 0 aliphatic carbocycles. The lowest BCUT2D eigenvalue weighted by atomic mass is 9.95. The second-order valence-corrected chi connectivity index (χ2v) is 7.75. The highest BCUT2D eigenvalue weighted by Crippen LogP contribution is 2.27. The Balaban J connectivity index is 1.76. The van der Waals surface area contributed by atoms with E-state index in [1.54, 1.807) is 26.0 Å². The summed E-state index contributed by atoms with van der Waals surface area (Å²) < 4.78 is 53.0. The third-order valence-corrected chi connectivity index (χ3v) is 5.12. The zero-order valence-corrected chi connectivity index (χ0v) is 17.6. The second kappa shape index (κ2) is 8.60. The molecule has 0 saturated heterocycles. The normalized spacial score (nSPS) is 13.1. The number of fused-ring (bicyclic) bond motifs is 1. The van der Waals surface area contributed by atoms with E-state index in [1.807, 2.05) is 13.8 Å². The number of hydrogen-bond acceptors (Lipinski definition) is 4. The molecule has 2 aromatic heterocycles. The molecule has 6 nitrogen and oxygen atoms in total. The summed E-state index contributed by atoms with van der Waals surface area (Å²) in [5.41, 5.74) is 2.39. The van der Waals surface area contributed by atoms with Crippen molar-refractivity contribution in [2.24, 2.45) is 5.92 Å². The number of rotatable bonds is 6. The van der Waals surface area contributed by atoms with Gasteiger partial charge in [-0.1, -0.05) is 26.0 Å². The van der Waals surface area contributed by atoms with Crippen molar-refractivity contribution in [3.05, 3.63) is 58.4 Å². The minimum atomic E-state index is -4.67. The van der Waals surface area contributed by atoms with Crippen LogP contribution in [0.1, 0.15) is 54.6 Å². The molecule has 0 radical (unpaired) electrons. The van der Waals surface area contributed by atoms with Gasteiger partial charge in [-0.15, -0.1) is 5.10 Å². The molecular formula is C21H23F4N5O. The smallest absolute Gasteiger partial charge is 0.349 e. The summed E-state index contributed by atoms with van der Waals surface area (Å²) in [4.78, 5) is 20.2. The SMILES string of the molecule is Cc1nc2nc(C(F)(F)F)nn2c(C)c1CCC(=O)NC(c1ccc(F)cc1)C(C)C. The maximum Gasteiger partial charge on any atom is 0.453 e. The average molecular weight is 437 g/mol. The van der Waals surface area contributed by atoms with Crippen molar-refractivity contribution in [3.8, 4) is 0 Å². The second-order valence-electron chi connectivity index (χ2n) is 7.75. The number of carbonyl (C=O) groups is 1. The van der Waals surface area contributed by atoms with E-state index in [1.165, 1.54) is 12.1 Å². The Hall–Kier alpha value is -3.04. The van der Waals surface area contributed by atoms with Crippen molar-refractivity contribution in [2.45, 2.75) is 52.8 Å². The summed E-state index contributed by atoms with van der Waals surface area (Å²) >= 11 is 0. The minimum absolute atomic E-state index is 0.0758. The van der Waals surface area contributed by atoms with Gasteiger partial charge in [0.05, 0.1) is 6.04 Å². The third kappa shape index (κ3) is 5.00. The van der Waals surface area contributed by atoms with Gasteiger partial charge in [0.1, 0.15) is 5.82 Å². The molecule has 0 aliphatic rings. The van der Waals surface area contributed by atoms with E-state index in [2.05, 4.69) is 20.4 Å². The number of amides is 1. The van der Waals surface area contributed by atoms with Crippen molar-refractivity contribution in [1.29, 1.82) is 0 Å². The summed E-state index contributed by atoms with van der Waals surface area (Å²) in [7, 11) is 0. The van der Waals surface area contributed by atoms with Gasteiger partial charge in [-0.3, -0.25) is 4.79 Å². The third-order valence-electron chi connectivity index (χ3n) is 5.12. The highest BCUT2D eigenvalue weighted by molar-refractivity contribution is 5.76. The first kappa shape index (κ1) is 22.6. The van der Waals surface area contributed by atoms with Crippen LogP contribution in [0.25, 0.3) is 5.78 Å². The fraction of sp³-hybridized carbons (Fsp3) is 0.429. The van der Waals surface area contributed by atoms with Gasteiger partial charge in [-0.25, -0.2) is 13.9 Å². The molecule has 10 heteroatoms. The topological polar surface area (TPSA) is 72.2 Å². The molecule has 3 aromatic rings. The van der Waals surface area contributed by atoms with E-state index in [9.17, 15) is 22.4 Å². The first-order chi connectivity index (χ1) is 14.5. The number of benzene rings is 1. The van der Waals surface area contributed by atoms with Crippen molar-refractivity contribution < 1.29 is 22.4 Å². The summed E-state index contributed by atoms with van der Waals surface area (Å²) in [5, 5.41) is 6.47. The standard InChI is InChI=1S/C21H23F4N5O/c1-11(2)18(14-5-7-15(22)8-6-14)27-17(31)10-9-16-12(3)26-20-28-19(21(23,24)25)29-30(20)13(16)4/h5-8,11,18H,9-10H2,1-4H3,(H,27,31). The fourth-order valence-corrected chi connectivity index (χ4v) is 3.48. The van der Waals surface area contributed by atoms with Gasteiger partial charge in [-0.2, -0.15) is 18.2 Å². The van der Waals surface area contributed by atoms with Crippen LogP contribution in [0.15, 0.2) is 24.3 Å². The van der Waals surface area contributed by atoms with Gasteiger partial charge in [-0.05, 0) is 49.4 Å². The summed E-state index contributed by atoms with van der Waals surface area (Å²) in [6, 6.07) is 5.67. The maximum absolute atomic E-state index is 13.2. The van der Waals surface area contributed by atoms with E-state index in [4.69, 9.17) is 0 Å². The predicted octanol–water partition coefficient (Wildman–Crippen LogP) is 4.35. The number of aryl methyl sites for hydroxylation is 2. The van der Waals surface area contributed by atoms with Crippen LogP contribution in [0, 0.1) is 25.6 Å². The largest absolute Gasteiger partial charge is 0.453 e. The van der Waals surface area contributed by atoms with E-state index < -0.39 is 12.0 Å². The number of nitrogens with one attached hydrogen (secondary N) is 1. The van der Waals surface area contributed by atoms with E-state index in [0.717, 1.165) is 10.1 Å². The molecule has 0 fully saturated rings. The van der Waals surface area contributed by atoms with Crippen molar-refractivity contribution >= 4 is 11.7 Å². The van der Waals surface area contributed by atoms with Crippen LogP contribution in [0.2, 0.25) is 0 Å². The molecule has 0 aliphatic heterocycles. The molecule has 3 rings (SSSR count). The van der Waals surface area contributed by atoms with Crippen LogP contribution in [-0.4, -0.2) is 25.5 Å². The van der Waals surface area contributed by atoms with Gasteiger partial charge >= 0.3 is 6.18 Å². The molecule has 2 heterocycles. The highest BCUT2D eigenvalue weighted by Gasteiger charge is 2.37. The van der Waals surface area contributed by atoms with Crippen LogP contribution in [0.5, 0.6) is 0 Å². The number of aromatic nitrogens is 4. The molecule has 0 bridgehead atoms. The molecule has 0 saturated carbocycles. The van der Waals surface area contributed by atoms with E-state index in [-0.39, 0.29) is 42.3 Å². The van der Waals surface area contributed by atoms with Crippen molar-refractivity contribution in [3.63, 3.8) is 0 Å². The molecule has 1 aromatic carbocycles. The Kier molecular flexibility index (Phi) is 6.28. The molecule has 1 amide bonds. The number of hydrogen-bond donors (Lipinski definition) is 1. The van der Waals surface area contributed by atoms with Crippen LogP contribution in [0.3, 0.4) is 0 Å². The number of alkyl halides is 3. The maximum atomic E-state index is 13.2. The summed E-state index contributed by atoms with van der Waals surface area (Å²) in [6.45, 7) is 7.18.